The number of likely N-dealkylation sites (N-methyl/N-ethyl adjacent to an activating group) is 1. The van der Waals surface area contributed by atoms with E-state index in [4.69, 9.17) is 0 Å². The average molecular weight is 281 g/mol. The van der Waals surface area contributed by atoms with Gasteiger partial charge in [0.2, 0.25) is 5.91 Å². The van der Waals surface area contributed by atoms with E-state index < -0.39 is 0 Å². The van der Waals surface area contributed by atoms with Gasteiger partial charge in [-0.25, -0.2) is 0 Å². The zero-order valence-corrected chi connectivity index (χ0v) is 13.4. The first-order valence-electron chi connectivity index (χ1n) is 8.30. The smallest absolute Gasteiger partial charge is 0.226 e. The lowest BCUT2D eigenvalue weighted by molar-refractivity contribution is -0.133. The molecule has 1 saturated heterocycles. The van der Waals surface area contributed by atoms with Crippen molar-refractivity contribution in [3.05, 3.63) is 0 Å². The Kier molecular flexibility index (Phi) is 5.44. The molecule has 4 heteroatoms. The molecule has 1 heterocycles. The van der Waals surface area contributed by atoms with Crippen LogP contribution in [0.2, 0.25) is 0 Å². The van der Waals surface area contributed by atoms with Gasteiger partial charge in [0.15, 0.2) is 0 Å². The van der Waals surface area contributed by atoms with Crippen LogP contribution in [0.25, 0.3) is 0 Å². The summed E-state index contributed by atoms with van der Waals surface area (Å²) in [5, 5.41) is 6.60. The predicted molar refractivity (Wildman–Crippen MR) is 82.7 cm³/mol. The quantitative estimate of drug-likeness (QED) is 0.747. The van der Waals surface area contributed by atoms with E-state index >= 15 is 0 Å². The van der Waals surface area contributed by atoms with E-state index in [-0.39, 0.29) is 11.3 Å². The Hall–Kier alpha value is -0.610. The van der Waals surface area contributed by atoms with Gasteiger partial charge >= 0.3 is 0 Å². The summed E-state index contributed by atoms with van der Waals surface area (Å²) < 4.78 is 0. The maximum Gasteiger partial charge on any atom is 0.226 e. The fourth-order valence-corrected chi connectivity index (χ4v) is 3.39. The summed E-state index contributed by atoms with van der Waals surface area (Å²) in [7, 11) is 2.18. The van der Waals surface area contributed by atoms with E-state index in [0.717, 1.165) is 51.4 Å². The SMILES string of the molecule is CCCC1(C(=O)NCC(C)N(C)C2CC2)CCNCC1. The third kappa shape index (κ3) is 3.73. The molecule has 0 aromatic rings. The molecule has 1 aliphatic heterocycles. The van der Waals surface area contributed by atoms with Gasteiger partial charge in [0.05, 0.1) is 5.41 Å². The molecule has 116 valence electrons. The maximum absolute atomic E-state index is 12.7. The van der Waals surface area contributed by atoms with Crippen molar-refractivity contribution in [2.75, 3.05) is 26.7 Å². The van der Waals surface area contributed by atoms with Crippen LogP contribution >= 0.6 is 0 Å². The molecule has 1 amide bonds. The van der Waals surface area contributed by atoms with E-state index in [1.54, 1.807) is 0 Å². The minimum Gasteiger partial charge on any atom is -0.354 e. The number of piperidine rings is 1. The minimum atomic E-state index is -0.113. The van der Waals surface area contributed by atoms with Crippen LogP contribution in [0.15, 0.2) is 0 Å². The predicted octanol–water partition coefficient (Wildman–Crippen LogP) is 1.76. The summed E-state index contributed by atoms with van der Waals surface area (Å²) in [6.07, 6.45) is 6.72. The number of carbonyl (C=O) groups excluding carboxylic acids is 1. The molecule has 0 spiro atoms. The van der Waals surface area contributed by atoms with Crippen molar-refractivity contribution in [2.24, 2.45) is 5.41 Å². The third-order valence-electron chi connectivity index (χ3n) is 5.15. The number of hydrogen-bond donors (Lipinski definition) is 2. The van der Waals surface area contributed by atoms with Crippen LogP contribution in [0.4, 0.5) is 0 Å². The topological polar surface area (TPSA) is 44.4 Å². The van der Waals surface area contributed by atoms with Crippen molar-refractivity contribution >= 4 is 5.91 Å². The number of carbonyl (C=O) groups is 1. The number of rotatable bonds is 7. The maximum atomic E-state index is 12.7. The summed E-state index contributed by atoms with van der Waals surface area (Å²) in [6, 6.07) is 1.19. The van der Waals surface area contributed by atoms with E-state index in [1.165, 1.54) is 12.8 Å². The fraction of sp³-hybridized carbons (Fsp3) is 0.938. The van der Waals surface area contributed by atoms with Gasteiger partial charge in [0, 0.05) is 18.6 Å². The van der Waals surface area contributed by atoms with Crippen LogP contribution in [0.3, 0.4) is 0 Å². The van der Waals surface area contributed by atoms with Crippen LogP contribution in [0, 0.1) is 5.41 Å². The van der Waals surface area contributed by atoms with Crippen molar-refractivity contribution in [1.29, 1.82) is 0 Å². The van der Waals surface area contributed by atoms with Crippen LogP contribution in [0.5, 0.6) is 0 Å². The van der Waals surface area contributed by atoms with E-state index in [9.17, 15) is 4.79 Å². The number of amides is 1. The Morgan fingerprint density at radius 3 is 2.60 bits per heavy atom. The van der Waals surface area contributed by atoms with Gasteiger partial charge in [0.1, 0.15) is 0 Å². The van der Waals surface area contributed by atoms with Crippen molar-refractivity contribution in [2.45, 2.75) is 64.5 Å². The highest BCUT2D eigenvalue weighted by Gasteiger charge is 2.38. The molecule has 2 fully saturated rings. The highest BCUT2D eigenvalue weighted by molar-refractivity contribution is 5.82. The Labute approximate surface area is 123 Å². The Bertz CT molecular complexity index is 316. The molecule has 1 saturated carbocycles. The number of nitrogens with zero attached hydrogens (tertiary/aromatic N) is 1. The molecule has 1 unspecified atom stereocenters. The molecule has 4 nitrogen and oxygen atoms in total. The lowest BCUT2D eigenvalue weighted by atomic mass is 9.74. The van der Waals surface area contributed by atoms with Crippen molar-refractivity contribution in [1.82, 2.24) is 15.5 Å². The number of hydrogen-bond acceptors (Lipinski definition) is 3. The molecule has 2 aliphatic rings. The second kappa shape index (κ2) is 6.90. The van der Waals surface area contributed by atoms with Gasteiger partial charge in [-0.05, 0) is 59.2 Å². The lowest BCUT2D eigenvalue weighted by Gasteiger charge is -2.37. The van der Waals surface area contributed by atoms with Gasteiger partial charge < -0.3 is 10.6 Å². The van der Waals surface area contributed by atoms with Gasteiger partial charge in [-0.3, -0.25) is 9.69 Å². The molecule has 0 radical (unpaired) electrons. The van der Waals surface area contributed by atoms with E-state index in [1.807, 2.05) is 0 Å². The molecular formula is C16H31N3O. The van der Waals surface area contributed by atoms with Gasteiger partial charge in [0.25, 0.3) is 0 Å². The molecule has 2 N–H and O–H groups in total. The van der Waals surface area contributed by atoms with Gasteiger partial charge in [-0.2, -0.15) is 0 Å². The molecule has 1 aliphatic carbocycles. The standard InChI is InChI=1S/C16H31N3O/c1-4-7-16(8-10-17-11-9-16)15(20)18-12-13(2)19(3)14-5-6-14/h13-14,17H,4-12H2,1-3H3,(H,18,20). The van der Waals surface area contributed by atoms with E-state index in [0.29, 0.717) is 6.04 Å². The minimum absolute atomic E-state index is 0.113. The third-order valence-corrected chi connectivity index (χ3v) is 5.15. The van der Waals surface area contributed by atoms with E-state index in [2.05, 4.69) is 36.4 Å². The van der Waals surface area contributed by atoms with Crippen molar-refractivity contribution < 1.29 is 4.79 Å². The first-order chi connectivity index (χ1) is 9.59. The summed E-state index contributed by atoms with van der Waals surface area (Å²) in [5.41, 5.74) is -0.113. The fourth-order valence-electron chi connectivity index (χ4n) is 3.39. The monoisotopic (exact) mass is 281 g/mol. The molecule has 0 aromatic carbocycles. The molecule has 1 atom stereocenters. The largest absolute Gasteiger partial charge is 0.354 e. The summed E-state index contributed by atoms with van der Waals surface area (Å²) in [4.78, 5) is 15.1. The van der Waals surface area contributed by atoms with Crippen LogP contribution < -0.4 is 10.6 Å². The van der Waals surface area contributed by atoms with Crippen molar-refractivity contribution in [3.8, 4) is 0 Å². The summed E-state index contributed by atoms with van der Waals surface area (Å²) in [6.45, 7) is 7.13. The van der Waals surface area contributed by atoms with Gasteiger partial charge in [-0.1, -0.05) is 13.3 Å². The van der Waals surface area contributed by atoms with Crippen molar-refractivity contribution in [3.63, 3.8) is 0 Å². The second-order valence-electron chi connectivity index (χ2n) is 6.74. The number of nitrogens with one attached hydrogen (secondary N) is 2. The normalized spacial score (nSPS) is 23.6. The Balaban J connectivity index is 1.84. The molecule has 0 aromatic heterocycles. The molecule has 20 heavy (non-hydrogen) atoms. The molecular weight excluding hydrogens is 250 g/mol. The van der Waals surface area contributed by atoms with Crippen LogP contribution in [-0.2, 0) is 4.79 Å². The van der Waals surface area contributed by atoms with Crippen LogP contribution in [-0.4, -0.2) is 49.6 Å². The lowest BCUT2D eigenvalue weighted by Crippen LogP contribution is -2.50. The Morgan fingerprint density at radius 2 is 2.05 bits per heavy atom. The van der Waals surface area contributed by atoms with Gasteiger partial charge in [-0.15, -0.1) is 0 Å². The Morgan fingerprint density at radius 1 is 1.40 bits per heavy atom. The summed E-state index contributed by atoms with van der Waals surface area (Å²) >= 11 is 0. The first-order valence-corrected chi connectivity index (χ1v) is 8.30. The zero-order valence-electron chi connectivity index (χ0n) is 13.4. The second-order valence-corrected chi connectivity index (χ2v) is 6.74. The first kappa shape index (κ1) is 15.8. The highest BCUT2D eigenvalue weighted by Crippen LogP contribution is 2.34. The molecule has 0 bridgehead atoms. The average Bonchev–Trinajstić information content (AvgIpc) is 3.29. The van der Waals surface area contributed by atoms with Crippen LogP contribution in [0.1, 0.15) is 52.4 Å². The summed E-state index contributed by atoms with van der Waals surface area (Å²) in [5.74, 6) is 0.289. The molecule has 2 rings (SSSR count). The highest BCUT2D eigenvalue weighted by atomic mass is 16.2. The zero-order chi connectivity index (χ0) is 14.6.